The van der Waals surface area contributed by atoms with E-state index in [1.165, 1.54) is 12.1 Å². The van der Waals surface area contributed by atoms with Gasteiger partial charge in [-0.3, -0.25) is 20.1 Å². The summed E-state index contributed by atoms with van der Waals surface area (Å²) in [6, 6.07) is 10.2. The summed E-state index contributed by atoms with van der Waals surface area (Å²) in [5, 5.41) is 8.34. The zero-order valence-corrected chi connectivity index (χ0v) is 18.9. The third-order valence-corrected chi connectivity index (χ3v) is 6.29. The molecule has 7 rings (SSSR count). The minimum absolute atomic E-state index is 0.166. The van der Waals surface area contributed by atoms with E-state index in [2.05, 4.69) is 35.0 Å². The number of nitrogens with zero attached hydrogens (tertiary/aromatic N) is 7. The topological polar surface area (TPSA) is 138 Å². The molecule has 0 bridgehead atoms. The highest BCUT2D eigenvalue weighted by molar-refractivity contribution is 5.96. The number of aromatic nitrogens is 8. The molecule has 0 amide bonds. The minimum atomic E-state index is -0.329. The highest BCUT2D eigenvalue weighted by atomic mass is 19.1. The van der Waals surface area contributed by atoms with Crippen LogP contribution < -0.4 is 10.6 Å². The normalized spacial score (nSPS) is 14.0. The predicted octanol–water partition coefficient (Wildman–Crippen LogP) is 3.31. The number of hydrogen-bond acceptors (Lipinski definition) is 8. The van der Waals surface area contributed by atoms with Crippen LogP contribution in [-0.2, 0) is 0 Å². The van der Waals surface area contributed by atoms with Gasteiger partial charge in [0.15, 0.2) is 5.82 Å². The van der Waals surface area contributed by atoms with E-state index in [-0.39, 0.29) is 11.9 Å². The molecular weight excluding hydrogens is 459 g/mol. The Bertz CT molecular complexity index is 1750. The van der Waals surface area contributed by atoms with Crippen molar-refractivity contribution < 1.29 is 4.39 Å². The van der Waals surface area contributed by atoms with Gasteiger partial charge in [0, 0.05) is 36.3 Å². The van der Waals surface area contributed by atoms with Crippen molar-refractivity contribution in [3.8, 4) is 34.2 Å². The summed E-state index contributed by atoms with van der Waals surface area (Å²) in [5.41, 5.74) is 11.3. The van der Waals surface area contributed by atoms with Gasteiger partial charge in [0.2, 0.25) is 0 Å². The summed E-state index contributed by atoms with van der Waals surface area (Å²) < 4.78 is 13.8. The summed E-state index contributed by atoms with van der Waals surface area (Å²) in [6.07, 6.45) is 6.81. The van der Waals surface area contributed by atoms with Crippen molar-refractivity contribution in [1.29, 1.82) is 0 Å². The van der Waals surface area contributed by atoms with Crippen LogP contribution in [0.5, 0.6) is 0 Å². The summed E-state index contributed by atoms with van der Waals surface area (Å²) in [5.74, 6) is 1.01. The quantitative estimate of drug-likeness (QED) is 0.351. The molecule has 0 unspecified atom stereocenters. The second-order valence-electron chi connectivity index (χ2n) is 8.77. The van der Waals surface area contributed by atoms with Gasteiger partial charge in [0.1, 0.15) is 28.5 Å². The maximum absolute atomic E-state index is 13.8. The van der Waals surface area contributed by atoms with Crippen molar-refractivity contribution in [3.05, 3.63) is 67.0 Å². The Labute approximate surface area is 203 Å². The average molecular weight is 478 g/mol. The lowest BCUT2D eigenvalue weighted by molar-refractivity contribution is 0.514. The number of pyridine rings is 2. The molecule has 1 aromatic carbocycles. The van der Waals surface area contributed by atoms with Gasteiger partial charge in [-0.2, -0.15) is 5.10 Å². The van der Waals surface area contributed by atoms with E-state index in [0.29, 0.717) is 39.7 Å². The second kappa shape index (κ2) is 7.89. The highest BCUT2D eigenvalue weighted by Gasteiger charge is 2.25. The van der Waals surface area contributed by atoms with Gasteiger partial charge in [-0.15, -0.1) is 0 Å². The zero-order chi connectivity index (χ0) is 24.2. The highest BCUT2D eigenvalue weighted by Crippen LogP contribution is 2.31. The average Bonchev–Trinajstić information content (AvgIpc) is 3.50. The van der Waals surface area contributed by atoms with Crippen molar-refractivity contribution in [2.24, 2.45) is 5.73 Å². The lowest BCUT2D eigenvalue weighted by atomic mass is 10.1. The Morgan fingerprint density at radius 1 is 0.944 bits per heavy atom. The van der Waals surface area contributed by atoms with Crippen LogP contribution in [-0.4, -0.2) is 59.2 Å². The Morgan fingerprint density at radius 2 is 1.86 bits per heavy atom. The molecule has 0 saturated carbocycles. The molecule has 6 heterocycles. The number of hydrogen-bond donors (Lipinski definition) is 3. The summed E-state index contributed by atoms with van der Waals surface area (Å²) >= 11 is 0. The number of anilines is 1. The Hall–Kier alpha value is -4.77. The molecular formula is C25H19FN10. The number of halogens is 1. The summed E-state index contributed by atoms with van der Waals surface area (Å²) in [6.45, 7) is 1.52. The predicted molar refractivity (Wildman–Crippen MR) is 133 cm³/mol. The number of nitrogens with one attached hydrogen (secondary N) is 2. The largest absolute Gasteiger partial charge is 0.352 e. The van der Waals surface area contributed by atoms with Crippen molar-refractivity contribution in [3.63, 3.8) is 0 Å². The van der Waals surface area contributed by atoms with Crippen LogP contribution >= 0.6 is 0 Å². The first-order valence-corrected chi connectivity index (χ1v) is 11.4. The molecule has 1 aliphatic heterocycles. The zero-order valence-electron chi connectivity index (χ0n) is 18.9. The fraction of sp³-hybridized carbons (Fsp3) is 0.120. The van der Waals surface area contributed by atoms with E-state index in [4.69, 9.17) is 15.7 Å². The van der Waals surface area contributed by atoms with Crippen molar-refractivity contribution >= 4 is 27.8 Å². The molecule has 6 aromatic rings. The van der Waals surface area contributed by atoms with Gasteiger partial charge in [0.05, 0.1) is 41.0 Å². The fourth-order valence-corrected chi connectivity index (χ4v) is 4.46. The van der Waals surface area contributed by atoms with Gasteiger partial charge in [-0.1, -0.05) is 12.1 Å². The SMILES string of the molecule is NC1CN(c2cncc(-c3cc4c(-c5nc6c(-c7cccc(F)c7)nccc6[nH]5)n[nH]c4cn3)n2)C1. The minimum Gasteiger partial charge on any atom is -0.352 e. The third-order valence-electron chi connectivity index (χ3n) is 6.29. The molecule has 0 aliphatic carbocycles. The number of nitrogens with two attached hydrogens (primary N) is 1. The third kappa shape index (κ3) is 3.36. The van der Waals surface area contributed by atoms with Gasteiger partial charge < -0.3 is 15.6 Å². The Morgan fingerprint density at radius 3 is 2.72 bits per heavy atom. The van der Waals surface area contributed by atoms with Crippen LogP contribution in [0.3, 0.4) is 0 Å². The molecule has 36 heavy (non-hydrogen) atoms. The van der Waals surface area contributed by atoms with Crippen LogP contribution in [0.2, 0.25) is 0 Å². The van der Waals surface area contributed by atoms with E-state index in [1.807, 2.05) is 18.2 Å². The van der Waals surface area contributed by atoms with Gasteiger partial charge in [0.25, 0.3) is 0 Å². The van der Waals surface area contributed by atoms with Gasteiger partial charge >= 0.3 is 0 Å². The summed E-state index contributed by atoms with van der Waals surface area (Å²) in [7, 11) is 0. The lowest BCUT2D eigenvalue weighted by Crippen LogP contribution is -2.56. The van der Waals surface area contributed by atoms with Crippen molar-refractivity contribution in [1.82, 2.24) is 40.1 Å². The molecule has 1 saturated heterocycles. The smallest absolute Gasteiger partial charge is 0.159 e. The number of rotatable bonds is 4. The molecule has 11 heteroatoms. The first-order chi connectivity index (χ1) is 17.6. The Kier molecular flexibility index (Phi) is 4.51. The van der Waals surface area contributed by atoms with E-state index < -0.39 is 0 Å². The van der Waals surface area contributed by atoms with Crippen LogP contribution in [0.4, 0.5) is 10.2 Å². The van der Waals surface area contributed by atoms with Crippen LogP contribution in [0, 0.1) is 5.82 Å². The molecule has 176 valence electrons. The number of H-pyrrole nitrogens is 2. The van der Waals surface area contributed by atoms with Crippen LogP contribution in [0.15, 0.2) is 61.2 Å². The Balaban J connectivity index is 1.31. The first kappa shape index (κ1) is 20.6. The molecule has 0 radical (unpaired) electrons. The van der Waals surface area contributed by atoms with Crippen molar-refractivity contribution in [2.45, 2.75) is 6.04 Å². The van der Waals surface area contributed by atoms with E-state index >= 15 is 0 Å². The van der Waals surface area contributed by atoms with Gasteiger partial charge in [-0.05, 0) is 24.3 Å². The number of fused-ring (bicyclic) bond motifs is 2. The standard InChI is InChI=1S/C25H19FN10/c26-14-3-1-2-13(6-14)22-24-17(4-5-29-22)32-25(33-24)23-16-7-18(30-9-19(16)34-35-23)20-8-28-10-21(31-20)36-11-15(27)12-36/h1-10,15H,11-12,27H2,(H,32,33)(H,34,35). The van der Waals surface area contributed by atoms with Gasteiger partial charge in [-0.25, -0.2) is 14.4 Å². The maximum atomic E-state index is 13.8. The molecule has 1 aliphatic rings. The molecule has 10 nitrogen and oxygen atoms in total. The van der Waals surface area contributed by atoms with E-state index in [0.717, 1.165) is 35.3 Å². The monoisotopic (exact) mass is 478 g/mol. The first-order valence-electron chi connectivity index (χ1n) is 11.4. The number of imidazole rings is 1. The van der Waals surface area contributed by atoms with Crippen molar-refractivity contribution in [2.75, 3.05) is 18.0 Å². The molecule has 1 fully saturated rings. The number of aromatic amines is 2. The molecule has 4 N–H and O–H groups in total. The molecule has 0 spiro atoms. The fourth-order valence-electron chi connectivity index (χ4n) is 4.46. The van der Waals surface area contributed by atoms with E-state index in [9.17, 15) is 4.39 Å². The lowest BCUT2D eigenvalue weighted by Gasteiger charge is -2.37. The molecule has 0 atom stereocenters. The van der Waals surface area contributed by atoms with Crippen LogP contribution in [0.25, 0.3) is 56.1 Å². The maximum Gasteiger partial charge on any atom is 0.159 e. The molecule has 5 aromatic heterocycles. The van der Waals surface area contributed by atoms with Crippen LogP contribution in [0.1, 0.15) is 0 Å². The summed E-state index contributed by atoms with van der Waals surface area (Å²) in [4.78, 5) is 28.3. The number of benzene rings is 1. The van der Waals surface area contributed by atoms with E-state index in [1.54, 1.807) is 30.9 Å². The second-order valence-corrected chi connectivity index (χ2v) is 8.77.